The van der Waals surface area contributed by atoms with Crippen molar-refractivity contribution < 1.29 is 24.5 Å². The molecule has 6 nitrogen and oxygen atoms in total. The van der Waals surface area contributed by atoms with E-state index in [1.807, 2.05) is 6.08 Å². The average molecular weight is 955 g/mol. The van der Waals surface area contributed by atoms with Crippen LogP contribution >= 0.6 is 0 Å². The van der Waals surface area contributed by atoms with Crippen molar-refractivity contribution in [1.29, 1.82) is 0 Å². The summed E-state index contributed by atoms with van der Waals surface area (Å²) in [7, 11) is 0. The first kappa shape index (κ1) is 65.8. The number of carbonyl (C=O) groups excluding carboxylic acids is 2. The molecule has 0 bridgehead atoms. The van der Waals surface area contributed by atoms with Gasteiger partial charge < -0.3 is 20.3 Å². The van der Waals surface area contributed by atoms with E-state index in [-0.39, 0.29) is 18.5 Å². The molecule has 1 amide bonds. The summed E-state index contributed by atoms with van der Waals surface area (Å²) in [5, 5.41) is 22.9. The zero-order chi connectivity index (χ0) is 49.3. The Kier molecular flexibility index (Phi) is 55.6. The van der Waals surface area contributed by atoms with E-state index in [2.05, 4.69) is 55.6 Å². The fraction of sp³-hybridized carbons (Fsp3) is 0.839. The topological polar surface area (TPSA) is 95.9 Å². The summed E-state index contributed by atoms with van der Waals surface area (Å²) in [5.41, 5.74) is 0. The molecule has 0 saturated heterocycles. The fourth-order valence-corrected chi connectivity index (χ4v) is 8.95. The smallest absolute Gasteiger partial charge is 0.305 e. The van der Waals surface area contributed by atoms with Crippen molar-refractivity contribution in [1.82, 2.24) is 5.32 Å². The maximum absolute atomic E-state index is 12.4. The van der Waals surface area contributed by atoms with Gasteiger partial charge in [0.15, 0.2) is 0 Å². The molecule has 0 heterocycles. The van der Waals surface area contributed by atoms with Gasteiger partial charge in [0.05, 0.1) is 25.4 Å². The number of nitrogens with one attached hydrogen (secondary N) is 1. The third-order valence-corrected chi connectivity index (χ3v) is 13.6. The largest absolute Gasteiger partial charge is 0.466 e. The minimum atomic E-state index is -0.844. The van der Waals surface area contributed by atoms with Crippen molar-refractivity contribution in [2.75, 3.05) is 13.2 Å². The lowest BCUT2D eigenvalue weighted by molar-refractivity contribution is -0.143. The monoisotopic (exact) mass is 954 g/mol. The summed E-state index contributed by atoms with van der Waals surface area (Å²) in [4.78, 5) is 24.4. The van der Waals surface area contributed by atoms with Gasteiger partial charge in [0.2, 0.25) is 5.91 Å². The van der Waals surface area contributed by atoms with Crippen LogP contribution in [-0.2, 0) is 14.3 Å². The molecule has 0 saturated carbocycles. The molecule has 398 valence electrons. The van der Waals surface area contributed by atoms with Gasteiger partial charge in [0, 0.05) is 12.8 Å². The predicted octanol–water partition coefficient (Wildman–Crippen LogP) is 18.6. The number of allylic oxidation sites excluding steroid dienone is 7. The third kappa shape index (κ3) is 53.2. The summed E-state index contributed by atoms with van der Waals surface area (Å²) in [6, 6.07) is -0.628. The number of amides is 1. The van der Waals surface area contributed by atoms with Gasteiger partial charge in [-0.2, -0.15) is 0 Å². The average Bonchev–Trinajstić information content (AvgIpc) is 3.34. The Labute approximate surface area is 423 Å². The number of rotatable bonds is 55. The Hall–Kier alpha value is -2.18. The number of unbranched alkanes of at least 4 members (excludes halogenated alkanes) is 38. The lowest BCUT2D eigenvalue weighted by atomic mass is 10.0. The van der Waals surface area contributed by atoms with Crippen molar-refractivity contribution in [2.24, 2.45) is 0 Å². The zero-order valence-electron chi connectivity index (χ0n) is 45.3. The van der Waals surface area contributed by atoms with Gasteiger partial charge in [-0.25, -0.2) is 0 Å². The van der Waals surface area contributed by atoms with E-state index in [0.717, 1.165) is 51.4 Å². The number of ether oxygens (including phenoxy) is 1. The van der Waals surface area contributed by atoms with Crippen LogP contribution in [0, 0.1) is 0 Å². The van der Waals surface area contributed by atoms with Crippen molar-refractivity contribution in [3.05, 3.63) is 48.6 Å². The van der Waals surface area contributed by atoms with Crippen LogP contribution in [-0.4, -0.2) is 47.4 Å². The second kappa shape index (κ2) is 57.4. The summed E-state index contributed by atoms with van der Waals surface area (Å²) < 4.78 is 5.48. The number of aliphatic hydroxyl groups excluding tert-OH is 2. The number of carbonyl (C=O) groups is 2. The Bertz CT molecular complexity index is 1150. The van der Waals surface area contributed by atoms with Crippen molar-refractivity contribution in [3.63, 3.8) is 0 Å². The summed E-state index contributed by atoms with van der Waals surface area (Å²) in [6.07, 6.45) is 73.0. The lowest BCUT2D eigenvalue weighted by Gasteiger charge is -2.20. The second-order valence-corrected chi connectivity index (χ2v) is 20.3. The van der Waals surface area contributed by atoms with Crippen molar-refractivity contribution in [2.45, 2.75) is 321 Å². The molecule has 0 fully saturated rings. The predicted molar refractivity (Wildman–Crippen MR) is 296 cm³/mol. The summed E-state index contributed by atoms with van der Waals surface area (Å²) in [6.45, 7) is 4.85. The minimum absolute atomic E-state index is 0.000191. The normalized spacial score (nSPS) is 12.9. The quantitative estimate of drug-likeness (QED) is 0.0321. The highest BCUT2D eigenvalue weighted by molar-refractivity contribution is 5.76. The molecule has 6 heteroatoms. The lowest BCUT2D eigenvalue weighted by Crippen LogP contribution is -2.45. The van der Waals surface area contributed by atoms with Gasteiger partial charge in [-0.3, -0.25) is 9.59 Å². The summed E-state index contributed by atoms with van der Waals surface area (Å²) >= 11 is 0. The second-order valence-electron chi connectivity index (χ2n) is 20.3. The van der Waals surface area contributed by atoms with E-state index in [0.29, 0.717) is 19.4 Å². The van der Waals surface area contributed by atoms with Gasteiger partial charge in [-0.1, -0.05) is 255 Å². The third-order valence-electron chi connectivity index (χ3n) is 13.6. The standard InChI is InChI=1S/C62H115NO5/c1-3-5-7-9-11-13-14-15-16-30-33-36-40-44-48-52-56-62(67)68-57-53-49-45-41-37-34-31-28-26-24-22-20-18-17-19-21-23-25-27-29-32-35-39-43-47-51-55-61(66)63-59(58-64)60(65)54-50-46-42-38-12-10-8-6-4-2/h13-14,16-17,19,30,50,54,59-60,64-65H,3-12,15,18,20-29,31-49,51-53,55-58H2,1-2H3,(H,63,66)/b14-13-,19-17-,30-16-,54-50+. The molecule has 0 spiro atoms. The molecule has 68 heavy (non-hydrogen) atoms. The molecule has 0 rings (SSSR count). The molecule has 0 aromatic carbocycles. The molecule has 2 atom stereocenters. The highest BCUT2D eigenvalue weighted by Gasteiger charge is 2.18. The number of hydrogen-bond acceptors (Lipinski definition) is 5. The van der Waals surface area contributed by atoms with Crippen LogP contribution < -0.4 is 5.32 Å². The maximum Gasteiger partial charge on any atom is 0.305 e. The van der Waals surface area contributed by atoms with Crippen LogP contribution in [0.25, 0.3) is 0 Å². The number of esters is 1. The van der Waals surface area contributed by atoms with E-state index in [1.54, 1.807) is 6.08 Å². The SMILES string of the molecule is CCCCCC/C=C\C/C=C\CCCCCCCC(=O)OCCCCCCCCCCCCCC/C=C\CCCCCCCCCCCCC(=O)NC(CO)C(O)/C=C/CCCCCCCCC. The molecule has 0 aromatic rings. The molecule has 0 radical (unpaired) electrons. The van der Waals surface area contributed by atoms with Gasteiger partial charge in [0.1, 0.15) is 0 Å². The van der Waals surface area contributed by atoms with Gasteiger partial charge >= 0.3 is 5.97 Å². The van der Waals surface area contributed by atoms with Gasteiger partial charge in [0.25, 0.3) is 0 Å². The Morgan fingerprint density at radius 2 is 0.735 bits per heavy atom. The highest BCUT2D eigenvalue weighted by Crippen LogP contribution is 2.16. The van der Waals surface area contributed by atoms with Crippen molar-refractivity contribution >= 4 is 11.9 Å². The summed E-state index contributed by atoms with van der Waals surface area (Å²) in [5.74, 6) is -0.0732. The molecule has 0 aliphatic heterocycles. The zero-order valence-corrected chi connectivity index (χ0v) is 45.3. The first-order valence-electron chi connectivity index (χ1n) is 29.9. The molecule has 0 aliphatic carbocycles. The number of aliphatic hydroxyl groups is 2. The van der Waals surface area contributed by atoms with Crippen LogP contribution in [0.5, 0.6) is 0 Å². The first-order chi connectivity index (χ1) is 33.5. The van der Waals surface area contributed by atoms with E-state index in [1.165, 1.54) is 231 Å². The molecule has 3 N–H and O–H groups in total. The van der Waals surface area contributed by atoms with Gasteiger partial charge in [-0.05, 0) is 89.9 Å². The molecule has 2 unspecified atom stereocenters. The Morgan fingerprint density at radius 1 is 0.412 bits per heavy atom. The van der Waals surface area contributed by atoms with Crippen molar-refractivity contribution in [3.8, 4) is 0 Å². The van der Waals surface area contributed by atoms with E-state index < -0.39 is 12.1 Å². The van der Waals surface area contributed by atoms with Crippen LogP contribution in [0.4, 0.5) is 0 Å². The first-order valence-corrected chi connectivity index (χ1v) is 29.9. The highest BCUT2D eigenvalue weighted by atomic mass is 16.5. The Balaban J connectivity index is 3.38. The molecular formula is C62H115NO5. The number of hydrogen-bond donors (Lipinski definition) is 3. The molecule has 0 aromatic heterocycles. The van der Waals surface area contributed by atoms with E-state index in [9.17, 15) is 19.8 Å². The van der Waals surface area contributed by atoms with Crippen LogP contribution in [0.2, 0.25) is 0 Å². The molecule has 0 aliphatic rings. The van der Waals surface area contributed by atoms with E-state index >= 15 is 0 Å². The minimum Gasteiger partial charge on any atom is -0.466 e. The van der Waals surface area contributed by atoms with Crippen LogP contribution in [0.1, 0.15) is 309 Å². The van der Waals surface area contributed by atoms with Crippen LogP contribution in [0.15, 0.2) is 48.6 Å². The van der Waals surface area contributed by atoms with Crippen LogP contribution in [0.3, 0.4) is 0 Å². The fourth-order valence-electron chi connectivity index (χ4n) is 8.95. The van der Waals surface area contributed by atoms with Gasteiger partial charge in [-0.15, -0.1) is 0 Å². The molecular weight excluding hydrogens is 839 g/mol. The maximum atomic E-state index is 12.4. The van der Waals surface area contributed by atoms with E-state index in [4.69, 9.17) is 4.74 Å². The Morgan fingerprint density at radius 3 is 1.15 bits per heavy atom.